The van der Waals surface area contributed by atoms with Crippen LogP contribution in [-0.4, -0.2) is 52.7 Å². The Hall–Kier alpha value is -1.73. The zero-order chi connectivity index (χ0) is 14.7. The number of fused-ring (bicyclic) bond motifs is 4. The Bertz CT molecular complexity index is 787. The molecule has 0 aliphatic carbocycles. The van der Waals surface area contributed by atoms with E-state index in [-0.39, 0.29) is 5.60 Å². The van der Waals surface area contributed by atoms with Crippen molar-refractivity contribution in [1.82, 2.24) is 14.9 Å². The van der Waals surface area contributed by atoms with Crippen molar-refractivity contribution in [1.29, 1.82) is 0 Å². The van der Waals surface area contributed by atoms with Crippen LogP contribution in [0.4, 0.5) is 5.82 Å². The van der Waals surface area contributed by atoms with E-state index in [0.717, 1.165) is 35.7 Å². The minimum Gasteiger partial charge on any atom is -0.455 e. The molecule has 7 heteroatoms. The summed E-state index contributed by atoms with van der Waals surface area (Å²) in [6.07, 6.45) is 2.82. The van der Waals surface area contributed by atoms with Gasteiger partial charge in [0.25, 0.3) is 6.02 Å². The number of aromatic nitrogens is 2. The van der Waals surface area contributed by atoms with Crippen LogP contribution in [0.3, 0.4) is 0 Å². The van der Waals surface area contributed by atoms with Crippen molar-refractivity contribution in [3.63, 3.8) is 0 Å². The van der Waals surface area contributed by atoms with Crippen LogP contribution >= 0.6 is 11.3 Å². The van der Waals surface area contributed by atoms with E-state index in [2.05, 4.69) is 37.5 Å². The SMILES string of the molecule is Cc1csc2c(NC3=NC[C@@]4(CN5CC[C@H]4C5)O3)ncnc12. The molecular weight excluding hydrogens is 298 g/mol. The number of amidine groups is 1. The number of hydrogen-bond donors (Lipinski definition) is 1. The molecule has 1 spiro atoms. The molecule has 3 aliphatic heterocycles. The van der Waals surface area contributed by atoms with Gasteiger partial charge in [0.15, 0.2) is 5.82 Å². The molecule has 114 valence electrons. The lowest BCUT2D eigenvalue weighted by molar-refractivity contribution is 0.0364. The lowest BCUT2D eigenvalue weighted by Crippen LogP contribution is -2.46. The Morgan fingerprint density at radius 2 is 2.41 bits per heavy atom. The number of aliphatic imine (C=N–C) groups is 1. The first-order chi connectivity index (χ1) is 10.7. The van der Waals surface area contributed by atoms with Gasteiger partial charge in [0.2, 0.25) is 0 Å². The minimum atomic E-state index is -0.0991. The summed E-state index contributed by atoms with van der Waals surface area (Å²) in [7, 11) is 0. The van der Waals surface area contributed by atoms with Gasteiger partial charge >= 0.3 is 0 Å². The van der Waals surface area contributed by atoms with Crippen molar-refractivity contribution < 1.29 is 4.74 Å². The summed E-state index contributed by atoms with van der Waals surface area (Å²) in [6, 6.07) is 0.611. The quantitative estimate of drug-likeness (QED) is 0.870. The summed E-state index contributed by atoms with van der Waals surface area (Å²) >= 11 is 1.65. The predicted molar refractivity (Wildman–Crippen MR) is 86.4 cm³/mol. The van der Waals surface area contributed by atoms with Crippen LogP contribution in [0, 0.1) is 12.8 Å². The normalized spacial score (nSPS) is 32.7. The van der Waals surface area contributed by atoms with Gasteiger partial charge in [-0.25, -0.2) is 15.0 Å². The summed E-state index contributed by atoms with van der Waals surface area (Å²) in [6.45, 7) is 6.19. The third-order valence-corrected chi connectivity index (χ3v) is 6.15. The van der Waals surface area contributed by atoms with Crippen LogP contribution in [0.1, 0.15) is 12.0 Å². The Morgan fingerprint density at radius 3 is 3.23 bits per heavy atom. The molecule has 3 atom stereocenters. The van der Waals surface area contributed by atoms with E-state index >= 15 is 0 Å². The van der Waals surface area contributed by atoms with Gasteiger partial charge in [-0.1, -0.05) is 0 Å². The third-order valence-electron chi connectivity index (χ3n) is 5.05. The second-order valence-corrected chi connectivity index (χ2v) is 7.33. The van der Waals surface area contributed by atoms with Crippen molar-refractivity contribution in [3.8, 4) is 0 Å². The van der Waals surface area contributed by atoms with E-state index in [0.29, 0.717) is 11.9 Å². The summed E-state index contributed by atoms with van der Waals surface area (Å²) in [5.41, 5.74) is 2.08. The molecule has 6 nitrogen and oxygen atoms in total. The van der Waals surface area contributed by atoms with Gasteiger partial charge in [-0.2, -0.15) is 0 Å². The maximum atomic E-state index is 6.24. The number of piperidine rings is 1. The highest BCUT2D eigenvalue weighted by molar-refractivity contribution is 7.18. The minimum absolute atomic E-state index is 0.0991. The molecule has 1 unspecified atom stereocenters. The van der Waals surface area contributed by atoms with Gasteiger partial charge in [0.1, 0.15) is 11.9 Å². The molecular formula is C15H17N5OS. The van der Waals surface area contributed by atoms with E-state index in [1.807, 2.05) is 0 Å². The number of hydrogen-bond acceptors (Lipinski definition) is 7. The lowest BCUT2D eigenvalue weighted by atomic mass is 9.88. The Kier molecular flexibility index (Phi) is 2.55. The summed E-state index contributed by atoms with van der Waals surface area (Å²) in [5, 5.41) is 5.38. The fraction of sp³-hybridized carbons (Fsp3) is 0.533. The first kappa shape index (κ1) is 12.8. The molecule has 2 saturated heterocycles. The molecule has 5 heterocycles. The van der Waals surface area contributed by atoms with Crippen LogP contribution in [0.15, 0.2) is 16.7 Å². The number of rotatable bonds is 1. The molecule has 0 amide bonds. The Morgan fingerprint density at radius 1 is 1.45 bits per heavy atom. The van der Waals surface area contributed by atoms with E-state index in [9.17, 15) is 0 Å². The molecule has 0 saturated carbocycles. The number of nitrogens with zero attached hydrogens (tertiary/aromatic N) is 4. The molecule has 22 heavy (non-hydrogen) atoms. The van der Waals surface area contributed by atoms with Gasteiger partial charge in [-0.15, -0.1) is 11.3 Å². The fourth-order valence-corrected chi connectivity index (χ4v) is 4.84. The molecule has 0 radical (unpaired) electrons. The topological polar surface area (TPSA) is 62.6 Å². The van der Waals surface area contributed by atoms with E-state index in [1.165, 1.54) is 18.5 Å². The van der Waals surface area contributed by atoms with Crippen molar-refractivity contribution in [2.24, 2.45) is 10.9 Å². The molecule has 1 N–H and O–H groups in total. The maximum Gasteiger partial charge on any atom is 0.291 e. The standard InChI is InChI=1S/C15H17N5OS/c1-9-5-22-12-11(9)17-8-18-13(12)19-14-16-6-15(21-14)7-20-3-2-10(15)4-20/h5,8,10H,2-4,6-7H2,1H3,(H,16,17,18,19)/t10-,15-/m0/s1. The predicted octanol–water partition coefficient (Wildman–Crippen LogP) is 1.87. The lowest BCUT2D eigenvalue weighted by Gasteiger charge is -2.32. The number of ether oxygens (including phenoxy) is 1. The molecule has 0 aromatic carbocycles. The van der Waals surface area contributed by atoms with Gasteiger partial charge in [0.05, 0.1) is 16.8 Å². The monoisotopic (exact) mass is 315 g/mol. The second kappa shape index (κ2) is 4.39. The molecule has 2 aromatic rings. The van der Waals surface area contributed by atoms with Crippen LogP contribution in [-0.2, 0) is 4.74 Å². The number of nitrogens with one attached hydrogen (secondary N) is 1. The summed E-state index contributed by atoms with van der Waals surface area (Å²) < 4.78 is 7.30. The molecule has 2 aromatic heterocycles. The molecule has 2 bridgehead atoms. The third kappa shape index (κ3) is 1.72. The smallest absolute Gasteiger partial charge is 0.291 e. The van der Waals surface area contributed by atoms with Crippen LogP contribution < -0.4 is 5.32 Å². The highest BCUT2D eigenvalue weighted by Gasteiger charge is 2.54. The van der Waals surface area contributed by atoms with E-state index < -0.39 is 0 Å². The first-order valence-corrected chi connectivity index (χ1v) is 8.53. The van der Waals surface area contributed by atoms with E-state index in [4.69, 9.17) is 4.74 Å². The van der Waals surface area contributed by atoms with E-state index in [1.54, 1.807) is 17.7 Å². The zero-order valence-electron chi connectivity index (χ0n) is 12.4. The maximum absolute atomic E-state index is 6.24. The van der Waals surface area contributed by atoms with Gasteiger partial charge in [-0.05, 0) is 30.8 Å². The van der Waals surface area contributed by atoms with Gasteiger partial charge in [0, 0.05) is 19.0 Å². The van der Waals surface area contributed by atoms with Gasteiger partial charge < -0.3 is 4.74 Å². The van der Waals surface area contributed by atoms with Crippen molar-refractivity contribution >= 4 is 33.4 Å². The highest BCUT2D eigenvalue weighted by atomic mass is 32.1. The fourth-order valence-electron chi connectivity index (χ4n) is 3.90. The summed E-state index contributed by atoms with van der Waals surface area (Å²) in [4.78, 5) is 15.8. The average Bonchev–Trinajstić information content (AvgIpc) is 3.27. The molecule has 5 rings (SSSR count). The van der Waals surface area contributed by atoms with Crippen LogP contribution in [0.5, 0.6) is 0 Å². The molecule has 2 fully saturated rings. The highest BCUT2D eigenvalue weighted by Crippen LogP contribution is 2.41. The second-order valence-electron chi connectivity index (χ2n) is 6.45. The van der Waals surface area contributed by atoms with Crippen molar-refractivity contribution in [3.05, 3.63) is 17.3 Å². The largest absolute Gasteiger partial charge is 0.455 e. The Balaban J connectivity index is 1.40. The van der Waals surface area contributed by atoms with Crippen LogP contribution in [0.2, 0.25) is 0 Å². The zero-order valence-corrected chi connectivity index (χ0v) is 13.2. The summed E-state index contributed by atoms with van der Waals surface area (Å²) in [5.74, 6) is 1.41. The van der Waals surface area contributed by atoms with Crippen molar-refractivity contribution in [2.45, 2.75) is 18.9 Å². The Labute approximate surface area is 132 Å². The first-order valence-electron chi connectivity index (χ1n) is 7.65. The van der Waals surface area contributed by atoms with Gasteiger partial charge in [-0.3, -0.25) is 10.2 Å². The van der Waals surface area contributed by atoms with Crippen molar-refractivity contribution in [2.75, 3.05) is 31.5 Å². The number of anilines is 1. The average molecular weight is 315 g/mol. The van der Waals surface area contributed by atoms with Crippen LogP contribution in [0.25, 0.3) is 10.2 Å². The molecule has 3 aliphatic rings. The number of aryl methyl sites for hydroxylation is 1. The number of thiophene rings is 1.